The van der Waals surface area contributed by atoms with Crippen LogP contribution in [0.5, 0.6) is 11.5 Å². The van der Waals surface area contributed by atoms with Gasteiger partial charge in [0.05, 0.1) is 23.9 Å². The Labute approximate surface area is 182 Å². The Bertz CT molecular complexity index is 1000. The minimum atomic E-state index is -0.356. The number of hydrogen-bond acceptors (Lipinski definition) is 4. The Kier molecular flexibility index (Phi) is 7.65. The van der Waals surface area contributed by atoms with Gasteiger partial charge in [0.25, 0.3) is 11.8 Å². The molecule has 0 aliphatic rings. The van der Waals surface area contributed by atoms with E-state index in [4.69, 9.17) is 9.47 Å². The van der Waals surface area contributed by atoms with Crippen LogP contribution < -0.4 is 20.1 Å². The molecule has 0 aliphatic heterocycles. The normalized spacial score (nSPS) is 11.3. The van der Waals surface area contributed by atoms with E-state index in [9.17, 15) is 9.59 Å². The summed E-state index contributed by atoms with van der Waals surface area (Å²) in [4.78, 5) is 25.2. The summed E-state index contributed by atoms with van der Waals surface area (Å²) in [5, 5.41) is 5.72. The highest BCUT2D eigenvalue weighted by molar-refractivity contribution is 6.04. The molecular formula is C25H26N2O4. The van der Waals surface area contributed by atoms with Crippen LogP contribution in [0.1, 0.15) is 35.8 Å². The van der Waals surface area contributed by atoms with E-state index in [1.165, 1.54) is 0 Å². The predicted molar refractivity (Wildman–Crippen MR) is 121 cm³/mol. The van der Waals surface area contributed by atoms with Gasteiger partial charge in [0.2, 0.25) is 0 Å². The molecular weight excluding hydrogens is 392 g/mol. The van der Waals surface area contributed by atoms with Crippen LogP contribution in [0.25, 0.3) is 0 Å². The third-order valence-electron chi connectivity index (χ3n) is 4.60. The number of rotatable bonds is 9. The van der Waals surface area contributed by atoms with Crippen molar-refractivity contribution in [3.8, 4) is 11.5 Å². The summed E-state index contributed by atoms with van der Waals surface area (Å²) in [7, 11) is 0. The molecule has 0 aromatic heterocycles. The van der Waals surface area contributed by atoms with Gasteiger partial charge in [-0.2, -0.15) is 0 Å². The first kappa shape index (κ1) is 21.9. The molecule has 31 heavy (non-hydrogen) atoms. The number of benzene rings is 3. The van der Waals surface area contributed by atoms with Gasteiger partial charge >= 0.3 is 0 Å². The second-order valence-electron chi connectivity index (χ2n) is 6.89. The molecule has 3 rings (SSSR count). The van der Waals surface area contributed by atoms with Crippen molar-refractivity contribution < 1.29 is 19.1 Å². The van der Waals surface area contributed by atoms with E-state index in [0.29, 0.717) is 23.6 Å². The van der Waals surface area contributed by atoms with Crippen LogP contribution in [-0.4, -0.2) is 25.0 Å². The van der Waals surface area contributed by atoms with Gasteiger partial charge in [0.1, 0.15) is 11.5 Å². The van der Waals surface area contributed by atoms with Crippen molar-refractivity contribution in [3.63, 3.8) is 0 Å². The molecule has 1 atom stereocenters. The molecule has 0 aliphatic carbocycles. The van der Waals surface area contributed by atoms with Crippen LogP contribution >= 0.6 is 0 Å². The highest BCUT2D eigenvalue weighted by atomic mass is 16.5. The summed E-state index contributed by atoms with van der Waals surface area (Å²) in [6, 6.07) is 23.5. The summed E-state index contributed by atoms with van der Waals surface area (Å²) >= 11 is 0. The first-order chi connectivity index (χ1) is 15.1. The van der Waals surface area contributed by atoms with E-state index in [0.717, 1.165) is 11.3 Å². The molecule has 0 heterocycles. The van der Waals surface area contributed by atoms with E-state index in [1.807, 2.05) is 44.2 Å². The number of hydrogen-bond donors (Lipinski definition) is 2. The van der Waals surface area contributed by atoms with Gasteiger partial charge in [-0.3, -0.25) is 9.59 Å². The predicted octanol–water partition coefficient (Wildman–Crippen LogP) is 4.59. The Hall–Kier alpha value is -3.80. The Morgan fingerprint density at radius 1 is 0.839 bits per heavy atom. The van der Waals surface area contributed by atoms with E-state index in [-0.39, 0.29) is 24.5 Å². The number of nitrogens with one attached hydrogen (secondary N) is 2. The molecule has 6 nitrogen and oxygen atoms in total. The fourth-order valence-corrected chi connectivity index (χ4v) is 3.02. The van der Waals surface area contributed by atoms with Gasteiger partial charge in [-0.15, -0.1) is 0 Å². The molecule has 0 saturated heterocycles. The fraction of sp³-hybridized carbons (Fsp3) is 0.200. The molecule has 3 aromatic rings. The quantitative estimate of drug-likeness (QED) is 0.533. The lowest BCUT2D eigenvalue weighted by Gasteiger charge is -2.16. The van der Waals surface area contributed by atoms with Gasteiger partial charge in [-0.1, -0.05) is 42.5 Å². The van der Waals surface area contributed by atoms with E-state index < -0.39 is 0 Å². The summed E-state index contributed by atoms with van der Waals surface area (Å²) < 4.78 is 10.9. The van der Waals surface area contributed by atoms with Crippen LogP contribution in [0.4, 0.5) is 5.69 Å². The monoisotopic (exact) mass is 418 g/mol. The maximum Gasteiger partial charge on any atom is 0.262 e. The first-order valence-corrected chi connectivity index (χ1v) is 10.2. The van der Waals surface area contributed by atoms with Crippen molar-refractivity contribution in [1.82, 2.24) is 5.32 Å². The minimum Gasteiger partial charge on any atom is -0.494 e. The zero-order valence-electron chi connectivity index (χ0n) is 17.6. The third-order valence-corrected chi connectivity index (χ3v) is 4.60. The molecule has 6 heteroatoms. The van der Waals surface area contributed by atoms with E-state index >= 15 is 0 Å². The molecule has 1 unspecified atom stereocenters. The zero-order chi connectivity index (χ0) is 22.1. The summed E-state index contributed by atoms with van der Waals surface area (Å²) in [6.45, 7) is 4.23. The maximum atomic E-state index is 12.8. The molecule has 0 radical (unpaired) electrons. The highest BCUT2D eigenvalue weighted by Gasteiger charge is 2.16. The number of anilines is 1. The van der Waals surface area contributed by atoms with Gasteiger partial charge in [-0.05, 0) is 55.8 Å². The maximum absolute atomic E-state index is 12.8. The van der Waals surface area contributed by atoms with Crippen molar-refractivity contribution in [2.75, 3.05) is 18.5 Å². The number of ether oxygens (including phenoxy) is 2. The Balaban J connectivity index is 1.59. The van der Waals surface area contributed by atoms with E-state index in [2.05, 4.69) is 10.6 Å². The Morgan fingerprint density at radius 3 is 2.13 bits per heavy atom. The molecule has 2 N–H and O–H groups in total. The van der Waals surface area contributed by atoms with Crippen LogP contribution in [0.15, 0.2) is 78.9 Å². The van der Waals surface area contributed by atoms with Crippen LogP contribution in [-0.2, 0) is 4.79 Å². The summed E-state index contributed by atoms with van der Waals surface area (Å²) in [5.74, 6) is 0.676. The average Bonchev–Trinajstić information content (AvgIpc) is 2.79. The van der Waals surface area contributed by atoms with Gasteiger partial charge < -0.3 is 20.1 Å². The lowest BCUT2D eigenvalue weighted by Crippen LogP contribution is -2.28. The van der Waals surface area contributed by atoms with Crippen LogP contribution in [0.2, 0.25) is 0 Å². The molecule has 160 valence electrons. The second-order valence-corrected chi connectivity index (χ2v) is 6.89. The van der Waals surface area contributed by atoms with Crippen LogP contribution in [0.3, 0.4) is 0 Å². The minimum absolute atomic E-state index is 0.166. The van der Waals surface area contributed by atoms with Crippen molar-refractivity contribution >= 4 is 17.5 Å². The summed E-state index contributed by atoms with van der Waals surface area (Å²) in [5.41, 5.74) is 1.82. The van der Waals surface area contributed by atoms with Gasteiger partial charge in [0, 0.05) is 0 Å². The average molecular weight is 418 g/mol. The largest absolute Gasteiger partial charge is 0.494 e. The molecule has 0 saturated carbocycles. The third kappa shape index (κ3) is 6.34. The second kappa shape index (κ2) is 10.8. The number of amides is 2. The Morgan fingerprint density at radius 2 is 1.45 bits per heavy atom. The van der Waals surface area contributed by atoms with Gasteiger partial charge in [0.15, 0.2) is 6.61 Å². The highest BCUT2D eigenvalue weighted by Crippen LogP contribution is 2.19. The zero-order valence-corrected chi connectivity index (χ0v) is 17.6. The smallest absolute Gasteiger partial charge is 0.262 e. The number of carbonyl (C=O) groups is 2. The SMILES string of the molecule is CCOc1ccc(OCC(=O)Nc2ccccc2C(=O)NC(C)c2ccccc2)cc1. The topological polar surface area (TPSA) is 76.7 Å². The van der Waals surface area contributed by atoms with Crippen molar-refractivity contribution in [2.45, 2.75) is 19.9 Å². The fourth-order valence-electron chi connectivity index (χ4n) is 3.02. The lowest BCUT2D eigenvalue weighted by atomic mass is 10.1. The molecule has 2 amide bonds. The van der Waals surface area contributed by atoms with Crippen molar-refractivity contribution in [3.05, 3.63) is 90.0 Å². The number of carbonyl (C=O) groups excluding carboxylic acids is 2. The first-order valence-electron chi connectivity index (χ1n) is 10.2. The standard InChI is InChI=1S/C25H26N2O4/c1-3-30-20-13-15-21(16-14-20)31-17-24(28)27-23-12-8-7-11-22(23)25(29)26-18(2)19-9-5-4-6-10-19/h4-16,18H,3,17H2,1-2H3,(H,26,29)(H,27,28). The molecule has 3 aromatic carbocycles. The van der Waals surface area contributed by atoms with Gasteiger partial charge in [-0.25, -0.2) is 0 Å². The van der Waals surface area contributed by atoms with Crippen molar-refractivity contribution in [1.29, 1.82) is 0 Å². The van der Waals surface area contributed by atoms with Crippen LogP contribution in [0, 0.1) is 0 Å². The molecule has 0 spiro atoms. The summed E-state index contributed by atoms with van der Waals surface area (Å²) in [6.07, 6.45) is 0. The molecule has 0 bridgehead atoms. The van der Waals surface area contributed by atoms with E-state index in [1.54, 1.807) is 48.5 Å². The number of para-hydroxylation sites is 1. The van der Waals surface area contributed by atoms with Crippen molar-refractivity contribution in [2.24, 2.45) is 0 Å². The lowest BCUT2D eigenvalue weighted by molar-refractivity contribution is -0.118. The molecule has 0 fully saturated rings.